The topological polar surface area (TPSA) is 9.23 Å². The maximum atomic E-state index is 13.3. The van der Waals surface area contributed by atoms with Crippen molar-refractivity contribution in [3.05, 3.63) is 11.4 Å². The quantitative estimate of drug-likeness (QED) is 0.688. The number of halogens is 1. The van der Waals surface area contributed by atoms with Crippen LogP contribution in [0.5, 0.6) is 0 Å². The van der Waals surface area contributed by atoms with Gasteiger partial charge < -0.3 is 4.74 Å². The third kappa shape index (κ3) is 3.31. The van der Waals surface area contributed by atoms with Crippen LogP contribution >= 0.6 is 0 Å². The smallest absolute Gasteiger partial charge is 0.0983 e. The van der Waals surface area contributed by atoms with Crippen molar-refractivity contribution >= 4 is 0 Å². The maximum absolute atomic E-state index is 13.3. The molecule has 2 heteroatoms. The maximum Gasteiger partial charge on any atom is 0.0983 e. The van der Waals surface area contributed by atoms with Crippen LogP contribution < -0.4 is 0 Å². The fraction of sp³-hybridized carbons (Fsp3) is 0.857. The summed E-state index contributed by atoms with van der Waals surface area (Å²) in [7, 11) is 0. The van der Waals surface area contributed by atoms with Gasteiger partial charge >= 0.3 is 0 Å². The molecular weight excluding hydrogens is 203 g/mol. The lowest BCUT2D eigenvalue weighted by molar-refractivity contribution is 0.0767. The summed E-state index contributed by atoms with van der Waals surface area (Å²) in [5.41, 5.74) is 0.863. The zero-order valence-corrected chi connectivity index (χ0v) is 11.2. The first-order chi connectivity index (χ1) is 7.43. The summed E-state index contributed by atoms with van der Waals surface area (Å²) in [4.78, 5) is 0. The van der Waals surface area contributed by atoms with Crippen LogP contribution in [0.4, 0.5) is 4.39 Å². The predicted octanol–water partition coefficient (Wildman–Crippen LogP) is 4.19. The Morgan fingerprint density at radius 1 is 1.19 bits per heavy atom. The summed E-state index contributed by atoms with van der Waals surface area (Å²) < 4.78 is 19.0. The molecule has 94 valence electrons. The van der Waals surface area contributed by atoms with Gasteiger partial charge in [-0.05, 0) is 42.6 Å². The Morgan fingerprint density at radius 3 is 2.19 bits per heavy atom. The summed E-state index contributed by atoms with van der Waals surface area (Å²) in [6.45, 7) is 11.7. The Bertz CT molecular complexity index is 251. The van der Waals surface area contributed by atoms with Crippen LogP contribution in [0.15, 0.2) is 11.4 Å². The summed E-state index contributed by atoms with van der Waals surface area (Å²) in [5, 5.41) is 0. The Labute approximate surface area is 99.1 Å². The highest BCUT2D eigenvalue weighted by Gasteiger charge is 2.31. The van der Waals surface area contributed by atoms with E-state index in [1.807, 2.05) is 0 Å². The molecule has 0 aliphatic carbocycles. The van der Waals surface area contributed by atoms with Crippen molar-refractivity contribution in [3.8, 4) is 0 Å². The highest BCUT2D eigenvalue weighted by molar-refractivity contribution is 5.09. The van der Waals surface area contributed by atoms with E-state index in [2.05, 4.69) is 27.7 Å². The van der Waals surface area contributed by atoms with Gasteiger partial charge in [0.25, 0.3) is 0 Å². The highest BCUT2D eigenvalue weighted by Crippen LogP contribution is 2.36. The van der Waals surface area contributed by atoms with Crippen LogP contribution in [0.3, 0.4) is 0 Å². The second-order valence-corrected chi connectivity index (χ2v) is 5.67. The molecule has 0 spiro atoms. The summed E-state index contributed by atoms with van der Waals surface area (Å²) >= 11 is 0. The lowest BCUT2D eigenvalue weighted by Gasteiger charge is -2.30. The molecule has 0 bridgehead atoms. The van der Waals surface area contributed by atoms with Crippen molar-refractivity contribution in [1.29, 1.82) is 0 Å². The van der Waals surface area contributed by atoms with Crippen LogP contribution in [-0.2, 0) is 4.74 Å². The van der Waals surface area contributed by atoms with E-state index in [1.165, 1.54) is 0 Å². The van der Waals surface area contributed by atoms with E-state index in [0.29, 0.717) is 30.3 Å². The number of hydrogen-bond acceptors (Lipinski definition) is 1. The van der Waals surface area contributed by atoms with E-state index in [4.69, 9.17) is 4.74 Å². The highest BCUT2D eigenvalue weighted by atomic mass is 19.1. The van der Waals surface area contributed by atoms with Gasteiger partial charge in [0.1, 0.15) is 0 Å². The van der Waals surface area contributed by atoms with Crippen molar-refractivity contribution < 1.29 is 9.13 Å². The average molecular weight is 228 g/mol. The first-order valence-corrected chi connectivity index (χ1v) is 6.35. The zero-order valence-electron chi connectivity index (χ0n) is 11.2. The van der Waals surface area contributed by atoms with Gasteiger partial charge in [-0.1, -0.05) is 27.7 Å². The Hall–Kier alpha value is -0.370. The lowest BCUT2D eigenvalue weighted by Crippen LogP contribution is -2.27. The Morgan fingerprint density at radius 2 is 1.75 bits per heavy atom. The summed E-state index contributed by atoms with van der Waals surface area (Å²) in [6, 6.07) is 0. The fourth-order valence-electron chi connectivity index (χ4n) is 2.59. The molecule has 0 aromatic rings. The average Bonchev–Trinajstić information content (AvgIpc) is 2.38. The summed E-state index contributed by atoms with van der Waals surface area (Å²) in [5.74, 6) is 2.24. The molecule has 0 aromatic heterocycles. The van der Waals surface area contributed by atoms with Gasteiger partial charge in [0.15, 0.2) is 0 Å². The second-order valence-electron chi connectivity index (χ2n) is 5.67. The van der Waals surface area contributed by atoms with Gasteiger partial charge in [0, 0.05) is 0 Å². The monoisotopic (exact) mass is 228 g/mol. The molecule has 0 N–H and O–H groups in total. The molecule has 16 heavy (non-hydrogen) atoms. The standard InChI is InChI=1S/C14H25FO/c1-9(2)13-6-12(11(5)15)7-16-8-14(13)10(3)4/h9-10,13-14H,6-8H2,1-5H3/b12-11+. The minimum atomic E-state index is -0.0462. The number of rotatable bonds is 2. The van der Waals surface area contributed by atoms with Crippen LogP contribution in [0.1, 0.15) is 41.0 Å². The zero-order chi connectivity index (χ0) is 12.3. The van der Waals surface area contributed by atoms with Gasteiger partial charge in [-0.25, -0.2) is 4.39 Å². The van der Waals surface area contributed by atoms with Gasteiger partial charge in [-0.3, -0.25) is 0 Å². The molecule has 1 nitrogen and oxygen atoms in total. The molecule has 0 amide bonds. The molecule has 1 fully saturated rings. The van der Waals surface area contributed by atoms with Crippen molar-refractivity contribution in [3.63, 3.8) is 0 Å². The number of hydrogen-bond donors (Lipinski definition) is 0. The van der Waals surface area contributed by atoms with E-state index in [-0.39, 0.29) is 5.83 Å². The van der Waals surface area contributed by atoms with E-state index < -0.39 is 0 Å². The van der Waals surface area contributed by atoms with Gasteiger partial charge in [0.2, 0.25) is 0 Å². The van der Waals surface area contributed by atoms with Gasteiger partial charge in [-0.2, -0.15) is 0 Å². The van der Waals surface area contributed by atoms with Crippen molar-refractivity contribution in [2.24, 2.45) is 23.7 Å². The van der Waals surface area contributed by atoms with Crippen LogP contribution in [0.2, 0.25) is 0 Å². The molecule has 1 aliphatic rings. The molecular formula is C14H25FO. The Kier molecular flexibility index (Phi) is 4.97. The first kappa shape index (κ1) is 13.7. The number of ether oxygens (including phenoxy) is 1. The first-order valence-electron chi connectivity index (χ1n) is 6.35. The second kappa shape index (κ2) is 5.81. The Balaban J connectivity index is 2.88. The lowest BCUT2D eigenvalue weighted by atomic mass is 9.75. The molecule has 1 rings (SSSR count). The van der Waals surface area contributed by atoms with Crippen LogP contribution in [0, 0.1) is 23.7 Å². The molecule has 0 saturated carbocycles. The molecule has 2 unspecified atom stereocenters. The van der Waals surface area contributed by atoms with E-state index >= 15 is 0 Å². The molecule has 1 saturated heterocycles. The molecule has 1 heterocycles. The summed E-state index contributed by atoms with van der Waals surface area (Å²) in [6.07, 6.45) is 0.864. The molecule has 0 aromatic carbocycles. The van der Waals surface area contributed by atoms with Crippen LogP contribution in [-0.4, -0.2) is 13.2 Å². The third-order valence-corrected chi connectivity index (χ3v) is 3.82. The third-order valence-electron chi connectivity index (χ3n) is 3.82. The normalized spacial score (nSPS) is 30.8. The molecule has 0 radical (unpaired) electrons. The van der Waals surface area contributed by atoms with E-state index in [1.54, 1.807) is 6.92 Å². The van der Waals surface area contributed by atoms with E-state index in [9.17, 15) is 4.39 Å². The minimum absolute atomic E-state index is 0.0462. The SMILES string of the molecule is C/C(F)=C1\COCC(C(C)C)C(C(C)C)C1. The van der Waals surface area contributed by atoms with Crippen LogP contribution in [0.25, 0.3) is 0 Å². The van der Waals surface area contributed by atoms with Gasteiger partial charge in [0.05, 0.1) is 19.0 Å². The fourth-order valence-corrected chi connectivity index (χ4v) is 2.59. The van der Waals surface area contributed by atoms with E-state index in [0.717, 1.165) is 18.6 Å². The molecule has 2 atom stereocenters. The largest absolute Gasteiger partial charge is 0.377 e. The predicted molar refractivity (Wildman–Crippen MR) is 65.9 cm³/mol. The number of allylic oxidation sites excluding steroid dienone is 1. The minimum Gasteiger partial charge on any atom is -0.377 e. The molecule has 1 aliphatic heterocycles. The van der Waals surface area contributed by atoms with Crippen molar-refractivity contribution in [1.82, 2.24) is 0 Å². The van der Waals surface area contributed by atoms with Crippen molar-refractivity contribution in [2.45, 2.75) is 41.0 Å². The van der Waals surface area contributed by atoms with Gasteiger partial charge in [-0.15, -0.1) is 0 Å². The van der Waals surface area contributed by atoms with Crippen molar-refractivity contribution in [2.75, 3.05) is 13.2 Å².